The molecule has 0 unspecified atom stereocenters. The SMILES string of the molecule is CCCNCCc1ccc(Cn2cc(Cl)c(C)n2)cc1. The number of hydrogen-bond donors (Lipinski definition) is 1. The van der Waals surface area contributed by atoms with E-state index >= 15 is 0 Å². The van der Waals surface area contributed by atoms with Gasteiger partial charge in [0.25, 0.3) is 0 Å². The molecule has 2 rings (SSSR count). The Morgan fingerprint density at radius 1 is 1.15 bits per heavy atom. The lowest BCUT2D eigenvalue weighted by Gasteiger charge is -2.06. The molecule has 1 aromatic carbocycles. The lowest BCUT2D eigenvalue weighted by molar-refractivity contribution is 0.669. The summed E-state index contributed by atoms with van der Waals surface area (Å²) in [5, 5.41) is 8.52. The Hall–Kier alpha value is -1.32. The van der Waals surface area contributed by atoms with E-state index in [0.29, 0.717) is 0 Å². The molecule has 0 atom stereocenters. The average Bonchev–Trinajstić information content (AvgIpc) is 2.75. The highest BCUT2D eigenvalue weighted by Gasteiger charge is 2.02. The van der Waals surface area contributed by atoms with Gasteiger partial charge < -0.3 is 5.32 Å². The summed E-state index contributed by atoms with van der Waals surface area (Å²) in [5.74, 6) is 0. The van der Waals surface area contributed by atoms with Gasteiger partial charge in [0.05, 0.1) is 17.3 Å². The number of hydrogen-bond acceptors (Lipinski definition) is 2. The predicted molar refractivity (Wildman–Crippen MR) is 84.4 cm³/mol. The fraction of sp³-hybridized carbons (Fsp3) is 0.438. The second-order valence-electron chi connectivity index (χ2n) is 5.08. The van der Waals surface area contributed by atoms with Crippen molar-refractivity contribution in [2.24, 2.45) is 0 Å². The first-order valence-corrected chi connectivity index (χ1v) is 7.55. The number of rotatable bonds is 7. The van der Waals surface area contributed by atoms with Crippen LogP contribution in [0.25, 0.3) is 0 Å². The molecule has 0 saturated heterocycles. The average molecular weight is 292 g/mol. The number of aromatic nitrogens is 2. The Morgan fingerprint density at radius 2 is 1.85 bits per heavy atom. The monoisotopic (exact) mass is 291 g/mol. The van der Waals surface area contributed by atoms with Crippen molar-refractivity contribution in [3.8, 4) is 0 Å². The molecule has 0 spiro atoms. The first kappa shape index (κ1) is 15.1. The molecule has 0 aliphatic carbocycles. The zero-order valence-corrected chi connectivity index (χ0v) is 13.0. The molecule has 0 bridgehead atoms. The van der Waals surface area contributed by atoms with Crippen molar-refractivity contribution in [3.05, 3.63) is 52.3 Å². The minimum Gasteiger partial charge on any atom is -0.316 e. The number of nitrogens with zero attached hydrogens (tertiary/aromatic N) is 2. The van der Waals surface area contributed by atoms with Crippen LogP contribution >= 0.6 is 11.6 Å². The summed E-state index contributed by atoms with van der Waals surface area (Å²) in [5.41, 5.74) is 3.49. The molecule has 4 heteroatoms. The van der Waals surface area contributed by atoms with Crippen molar-refractivity contribution in [2.45, 2.75) is 33.2 Å². The van der Waals surface area contributed by atoms with Crippen molar-refractivity contribution >= 4 is 11.6 Å². The number of benzene rings is 1. The summed E-state index contributed by atoms with van der Waals surface area (Å²) < 4.78 is 1.88. The van der Waals surface area contributed by atoms with Gasteiger partial charge in [0.1, 0.15) is 0 Å². The maximum Gasteiger partial charge on any atom is 0.0815 e. The summed E-state index contributed by atoms with van der Waals surface area (Å²) in [6.07, 6.45) is 4.14. The van der Waals surface area contributed by atoms with Crippen LogP contribution in [0.5, 0.6) is 0 Å². The second-order valence-corrected chi connectivity index (χ2v) is 5.48. The van der Waals surface area contributed by atoms with E-state index in [1.807, 2.05) is 17.8 Å². The van der Waals surface area contributed by atoms with Crippen LogP contribution in [-0.4, -0.2) is 22.9 Å². The Labute approximate surface area is 126 Å². The van der Waals surface area contributed by atoms with Crippen molar-refractivity contribution in [1.29, 1.82) is 0 Å². The summed E-state index contributed by atoms with van der Waals surface area (Å²) >= 11 is 6.01. The van der Waals surface area contributed by atoms with E-state index in [4.69, 9.17) is 11.6 Å². The van der Waals surface area contributed by atoms with Crippen molar-refractivity contribution in [1.82, 2.24) is 15.1 Å². The minimum absolute atomic E-state index is 0.726. The molecule has 1 N–H and O–H groups in total. The van der Waals surface area contributed by atoms with Gasteiger partial charge in [-0.05, 0) is 44.0 Å². The van der Waals surface area contributed by atoms with Gasteiger partial charge >= 0.3 is 0 Å². The van der Waals surface area contributed by atoms with Crippen LogP contribution in [0.2, 0.25) is 5.02 Å². The quantitative estimate of drug-likeness (QED) is 0.792. The predicted octanol–water partition coefficient (Wildman–Crippen LogP) is 3.44. The highest BCUT2D eigenvalue weighted by molar-refractivity contribution is 6.31. The fourth-order valence-corrected chi connectivity index (χ4v) is 2.26. The zero-order chi connectivity index (χ0) is 14.4. The van der Waals surface area contributed by atoms with E-state index in [9.17, 15) is 0 Å². The van der Waals surface area contributed by atoms with Crippen LogP contribution in [0.1, 0.15) is 30.2 Å². The summed E-state index contributed by atoms with van der Waals surface area (Å²) in [4.78, 5) is 0. The maximum atomic E-state index is 6.01. The van der Waals surface area contributed by atoms with Crippen LogP contribution in [0.4, 0.5) is 0 Å². The Bertz CT molecular complexity index is 512. The standard InChI is InChI=1S/C16H22ClN3/c1-3-9-18-10-8-14-4-6-15(7-5-14)11-20-12-16(17)13(2)19-20/h4-7,12,18H,3,8-11H2,1-2H3. The molecular weight excluding hydrogens is 270 g/mol. The van der Waals surface area contributed by atoms with E-state index < -0.39 is 0 Å². The number of nitrogens with one attached hydrogen (secondary N) is 1. The summed E-state index contributed by atoms with van der Waals surface area (Å²) in [6.45, 7) is 7.01. The molecule has 108 valence electrons. The molecular formula is C16H22ClN3. The Balaban J connectivity index is 1.88. The van der Waals surface area contributed by atoms with E-state index in [2.05, 4.69) is 41.6 Å². The van der Waals surface area contributed by atoms with Gasteiger partial charge in [0.15, 0.2) is 0 Å². The minimum atomic E-state index is 0.726. The van der Waals surface area contributed by atoms with Gasteiger partial charge in [0, 0.05) is 6.20 Å². The van der Waals surface area contributed by atoms with Crippen LogP contribution in [0.15, 0.2) is 30.5 Å². The first-order chi connectivity index (χ1) is 9.69. The lowest BCUT2D eigenvalue weighted by Crippen LogP contribution is -2.17. The van der Waals surface area contributed by atoms with Gasteiger partial charge in [-0.25, -0.2) is 0 Å². The topological polar surface area (TPSA) is 29.9 Å². The third-order valence-corrected chi connectivity index (χ3v) is 3.64. The van der Waals surface area contributed by atoms with Crippen LogP contribution < -0.4 is 5.32 Å². The molecule has 3 nitrogen and oxygen atoms in total. The van der Waals surface area contributed by atoms with E-state index in [0.717, 1.165) is 36.8 Å². The second kappa shape index (κ2) is 7.46. The molecule has 1 aromatic heterocycles. The smallest absolute Gasteiger partial charge is 0.0815 e. The zero-order valence-electron chi connectivity index (χ0n) is 12.2. The van der Waals surface area contributed by atoms with Crippen molar-refractivity contribution < 1.29 is 0 Å². The third kappa shape index (κ3) is 4.36. The van der Waals surface area contributed by atoms with E-state index in [-0.39, 0.29) is 0 Å². The van der Waals surface area contributed by atoms with E-state index in [1.165, 1.54) is 17.5 Å². The van der Waals surface area contributed by atoms with Crippen LogP contribution in [-0.2, 0) is 13.0 Å². The van der Waals surface area contributed by atoms with Gasteiger partial charge in [-0.3, -0.25) is 4.68 Å². The molecule has 0 saturated carbocycles. The Kier molecular flexibility index (Phi) is 5.62. The molecule has 0 radical (unpaired) electrons. The highest BCUT2D eigenvalue weighted by Crippen LogP contribution is 2.14. The van der Waals surface area contributed by atoms with Crippen molar-refractivity contribution in [3.63, 3.8) is 0 Å². The third-order valence-electron chi connectivity index (χ3n) is 3.27. The molecule has 0 amide bonds. The molecule has 2 aromatic rings. The van der Waals surface area contributed by atoms with Crippen LogP contribution in [0.3, 0.4) is 0 Å². The molecule has 20 heavy (non-hydrogen) atoms. The molecule has 0 aliphatic heterocycles. The molecule has 0 aliphatic rings. The Morgan fingerprint density at radius 3 is 2.45 bits per heavy atom. The van der Waals surface area contributed by atoms with Gasteiger partial charge in [-0.1, -0.05) is 42.8 Å². The van der Waals surface area contributed by atoms with Crippen LogP contribution in [0, 0.1) is 6.92 Å². The number of aryl methyl sites for hydroxylation is 1. The fourth-order valence-electron chi connectivity index (χ4n) is 2.11. The normalized spacial score (nSPS) is 10.9. The number of halogens is 1. The summed E-state index contributed by atoms with van der Waals surface area (Å²) in [6, 6.07) is 8.72. The lowest BCUT2D eigenvalue weighted by atomic mass is 10.1. The van der Waals surface area contributed by atoms with Crippen molar-refractivity contribution in [2.75, 3.05) is 13.1 Å². The van der Waals surface area contributed by atoms with E-state index in [1.54, 1.807) is 0 Å². The van der Waals surface area contributed by atoms with Gasteiger partial charge in [-0.15, -0.1) is 0 Å². The molecule has 1 heterocycles. The molecule has 0 fully saturated rings. The summed E-state index contributed by atoms with van der Waals surface area (Å²) in [7, 11) is 0. The maximum absolute atomic E-state index is 6.01. The van der Waals surface area contributed by atoms with Gasteiger partial charge in [-0.2, -0.15) is 5.10 Å². The first-order valence-electron chi connectivity index (χ1n) is 7.17. The van der Waals surface area contributed by atoms with Gasteiger partial charge in [0.2, 0.25) is 0 Å². The highest BCUT2D eigenvalue weighted by atomic mass is 35.5. The largest absolute Gasteiger partial charge is 0.316 e.